The summed E-state index contributed by atoms with van der Waals surface area (Å²) in [7, 11) is 3.30. The number of aromatic nitrogens is 2. The lowest BCUT2D eigenvalue weighted by atomic mass is 9.91. The number of nitrogens with zero attached hydrogens (tertiary/aromatic N) is 3. The summed E-state index contributed by atoms with van der Waals surface area (Å²) >= 11 is 0. The third-order valence-electron chi connectivity index (χ3n) is 9.34. The van der Waals surface area contributed by atoms with Gasteiger partial charge in [-0.3, -0.25) is 19.1 Å². The van der Waals surface area contributed by atoms with Crippen molar-refractivity contribution in [2.45, 2.75) is 82.8 Å². The molecule has 4 N–H and O–H groups in total. The molecule has 5 amide bonds. The normalized spacial score (nSPS) is 23.2. The fourth-order valence-electron chi connectivity index (χ4n) is 6.82. The number of likely N-dealkylation sites (N-methyl/N-ethyl adjacent to an activating group) is 1. The van der Waals surface area contributed by atoms with E-state index in [4.69, 9.17) is 0 Å². The predicted octanol–water partition coefficient (Wildman–Crippen LogP) is 2.76. The Morgan fingerprint density at radius 1 is 1.05 bits per heavy atom. The molecule has 42 heavy (non-hydrogen) atoms. The van der Waals surface area contributed by atoms with Gasteiger partial charge in [-0.15, -0.1) is 0 Å². The van der Waals surface area contributed by atoms with E-state index in [2.05, 4.69) is 40.2 Å². The van der Waals surface area contributed by atoms with E-state index < -0.39 is 11.6 Å². The Morgan fingerprint density at radius 3 is 2.38 bits per heavy atom. The Bertz CT molecular complexity index is 1350. The lowest BCUT2D eigenvalue weighted by Crippen LogP contribution is -2.60. The minimum Gasteiger partial charge on any atom is -0.357 e. The first kappa shape index (κ1) is 29.6. The molecule has 1 saturated carbocycles. The van der Waals surface area contributed by atoms with Gasteiger partial charge in [0.15, 0.2) is 0 Å². The zero-order chi connectivity index (χ0) is 30.0. The van der Waals surface area contributed by atoms with Crippen LogP contribution in [0.3, 0.4) is 0 Å². The molecule has 2 fully saturated rings. The Labute approximate surface area is 247 Å². The van der Waals surface area contributed by atoms with Crippen molar-refractivity contribution in [2.75, 3.05) is 18.9 Å². The van der Waals surface area contributed by atoms with E-state index in [1.807, 2.05) is 18.2 Å². The number of carbonyl (C=O) groups is 4. The zero-order valence-corrected chi connectivity index (χ0v) is 25.0. The van der Waals surface area contributed by atoms with Crippen molar-refractivity contribution in [3.05, 3.63) is 47.3 Å². The quantitative estimate of drug-likeness (QED) is 0.358. The highest BCUT2D eigenvalue weighted by Gasteiger charge is 2.53. The molecule has 2 aliphatic carbocycles. The van der Waals surface area contributed by atoms with Crippen LogP contribution in [0.2, 0.25) is 0 Å². The van der Waals surface area contributed by atoms with Crippen LogP contribution in [0.5, 0.6) is 0 Å². The second kappa shape index (κ2) is 12.1. The van der Waals surface area contributed by atoms with Crippen molar-refractivity contribution in [3.63, 3.8) is 0 Å². The smallest absolute Gasteiger partial charge is 0.318 e. The number of urea groups is 1. The molecule has 11 nitrogen and oxygen atoms in total. The number of rotatable bonds is 8. The van der Waals surface area contributed by atoms with Gasteiger partial charge in [-0.2, -0.15) is 5.10 Å². The average molecular weight is 578 g/mol. The largest absolute Gasteiger partial charge is 0.357 e. The molecule has 5 rings (SSSR count). The molecule has 1 aromatic carbocycles. The maximum absolute atomic E-state index is 13.8. The predicted molar refractivity (Wildman–Crippen MR) is 159 cm³/mol. The van der Waals surface area contributed by atoms with Crippen LogP contribution in [0.25, 0.3) is 0 Å². The number of fused-ring (bicyclic) bond motifs is 1. The van der Waals surface area contributed by atoms with Gasteiger partial charge >= 0.3 is 6.03 Å². The van der Waals surface area contributed by atoms with E-state index in [1.54, 1.807) is 31.3 Å². The van der Waals surface area contributed by atoms with Gasteiger partial charge in [-0.25, -0.2) is 4.79 Å². The molecule has 1 unspecified atom stereocenters. The number of nitrogens with one attached hydrogen (secondary N) is 4. The minimum absolute atomic E-state index is 0.0277. The van der Waals surface area contributed by atoms with E-state index >= 15 is 0 Å². The first-order chi connectivity index (χ1) is 20.1. The van der Waals surface area contributed by atoms with Gasteiger partial charge < -0.3 is 26.2 Å². The summed E-state index contributed by atoms with van der Waals surface area (Å²) in [5.41, 5.74) is 1.86. The maximum atomic E-state index is 13.8. The summed E-state index contributed by atoms with van der Waals surface area (Å²) in [5.74, 6) is -0.511. The van der Waals surface area contributed by atoms with Gasteiger partial charge in [0.25, 0.3) is 5.91 Å². The van der Waals surface area contributed by atoms with E-state index in [0.29, 0.717) is 30.8 Å². The summed E-state index contributed by atoms with van der Waals surface area (Å²) in [6, 6.07) is 6.36. The topological polar surface area (TPSA) is 137 Å². The number of benzene rings is 1. The maximum Gasteiger partial charge on any atom is 0.318 e. The molecular formula is C31H43N7O4. The average Bonchev–Trinajstić information content (AvgIpc) is 3.62. The van der Waals surface area contributed by atoms with Crippen LogP contribution in [-0.4, -0.2) is 69.6 Å². The molecule has 1 aromatic heterocycles. The number of hydrogen-bond donors (Lipinski definition) is 4. The highest BCUT2D eigenvalue weighted by molar-refractivity contribution is 6.01. The minimum atomic E-state index is -1.03. The third kappa shape index (κ3) is 5.73. The standard InChI is InChI=1S/C31H43N7O4/c1-19(2)24-18-38(30(42)35-24)31(29(41)32-3)16-21-11-12-23(15-22(21)17-31)34-28(40)26(20-9-7-5-6-8-10-20)36-27(39)25-13-14-33-37(25)4/h11-15,19-20,24,26H,5-10,16-18H2,1-4H3,(H,32,41)(H,34,40)(H,35,42)(H,36,39)/t24-,26-,31?/m0/s1. The number of amides is 5. The van der Waals surface area contributed by atoms with Gasteiger partial charge in [-0.05, 0) is 54.0 Å². The van der Waals surface area contributed by atoms with Crippen molar-refractivity contribution in [2.24, 2.45) is 18.9 Å². The van der Waals surface area contributed by atoms with Gasteiger partial charge in [0.1, 0.15) is 17.3 Å². The van der Waals surface area contributed by atoms with Crippen LogP contribution in [0, 0.1) is 11.8 Å². The zero-order valence-electron chi connectivity index (χ0n) is 25.0. The second-order valence-electron chi connectivity index (χ2n) is 12.4. The van der Waals surface area contributed by atoms with Crippen molar-refractivity contribution < 1.29 is 19.2 Å². The molecule has 0 bridgehead atoms. The Kier molecular flexibility index (Phi) is 8.56. The third-order valence-corrected chi connectivity index (χ3v) is 9.34. The number of hydrogen-bond acceptors (Lipinski definition) is 5. The van der Waals surface area contributed by atoms with Crippen LogP contribution in [0.15, 0.2) is 30.5 Å². The van der Waals surface area contributed by atoms with Crippen LogP contribution >= 0.6 is 0 Å². The monoisotopic (exact) mass is 577 g/mol. The van der Waals surface area contributed by atoms with Crippen molar-refractivity contribution in [3.8, 4) is 0 Å². The Balaban J connectivity index is 1.36. The van der Waals surface area contributed by atoms with Crippen LogP contribution in [0.4, 0.5) is 10.5 Å². The molecule has 11 heteroatoms. The van der Waals surface area contributed by atoms with E-state index in [-0.39, 0.29) is 41.6 Å². The molecule has 1 saturated heterocycles. The Hall–Kier alpha value is -3.89. The van der Waals surface area contributed by atoms with Gasteiger partial charge in [-0.1, -0.05) is 45.6 Å². The highest BCUT2D eigenvalue weighted by Crippen LogP contribution is 2.38. The molecule has 2 heterocycles. The highest BCUT2D eigenvalue weighted by atomic mass is 16.2. The van der Waals surface area contributed by atoms with E-state index in [1.165, 1.54) is 4.68 Å². The summed E-state index contributed by atoms with van der Waals surface area (Å²) in [5, 5.41) is 16.0. The lowest BCUT2D eigenvalue weighted by molar-refractivity contribution is -0.130. The molecule has 0 spiro atoms. The number of aryl methyl sites for hydroxylation is 1. The lowest BCUT2D eigenvalue weighted by Gasteiger charge is -2.36. The first-order valence-corrected chi connectivity index (χ1v) is 15.1. The van der Waals surface area contributed by atoms with Gasteiger partial charge in [0.2, 0.25) is 11.8 Å². The Morgan fingerprint density at radius 2 is 1.76 bits per heavy atom. The summed E-state index contributed by atoms with van der Waals surface area (Å²) < 4.78 is 1.50. The van der Waals surface area contributed by atoms with Crippen LogP contribution < -0.4 is 21.3 Å². The molecular weight excluding hydrogens is 534 g/mol. The van der Waals surface area contributed by atoms with Crippen molar-refractivity contribution >= 4 is 29.4 Å². The second-order valence-corrected chi connectivity index (χ2v) is 12.4. The summed E-state index contributed by atoms with van der Waals surface area (Å²) in [6.45, 7) is 4.57. The van der Waals surface area contributed by atoms with Crippen LogP contribution in [0.1, 0.15) is 74.0 Å². The van der Waals surface area contributed by atoms with E-state index in [0.717, 1.165) is 49.7 Å². The molecule has 2 aromatic rings. The van der Waals surface area contributed by atoms with Crippen molar-refractivity contribution in [1.82, 2.24) is 30.6 Å². The van der Waals surface area contributed by atoms with Gasteiger partial charge in [0.05, 0.1) is 6.04 Å². The van der Waals surface area contributed by atoms with Crippen molar-refractivity contribution in [1.29, 1.82) is 0 Å². The van der Waals surface area contributed by atoms with Crippen LogP contribution in [-0.2, 0) is 29.5 Å². The fourth-order valence-corrected chi connectivity index (χ4v) is 6.82. The summed E-state index contributed by atoms with van der Waals surface area (Å²) in [6.07, 6.45) is 8.38. The first-order valence-electron chi connectivity index (χ1n) is 15.1. The van der Waals surface area contributed by atoms with Gasteiger partial charge in [0, 0.05) is 45.4 Å². The molecule has 226 valence electrons. The molecule has 1 aliphatic heterocycles. The molecule has 3 aliphatic rings. The fraction of sp³-hybridized carbons (Fsp3) is 0.581. The summed E-state index contributed by atoms with van der Waals surface area (Å²) in [4.78, 5) is 55.0. The molecule has 0 radical (unpaired) electrons. The molecule has 3 atom stereocenters. The SMILES string of the molecule is CNC(=O)C1(N2C[C@@H](C(C)C)NC2=O)Cc2ccc(NC(=O)[C@@H](NC(=O)c3ccnn3C)C3CCCCCC3)cc2C1. The van der Waals surface area contributed by atoms with E-state index in [9.17, 15) is 19.2 Å². The number of carbonyl (C=O) groups excluding carboxylic acids is 4. The number of anilines is 1.